The fraction of sp³-hybridized carbons (Fsp3) is 0.529. The van der Waals surface area contributed by atoms with Crippen molar-refractivity contribution in [3.8, 4) is 17.6 Å². The van der Waals surface area contributed by atoms with Crippen LogP contribution in [0.2, 0.25) is 0 Å². The van der Waals surface area contributed by atoms with Crippen LogP contribution in [0.1, 0.15) is 31.9 Å². The molecule has 1 aromatic carbocycles. The van der Waals surface area contributed by atoms with Crippen LogP contribution in [-0.4, -0.2) is 32.5 Å². The van der Waals surface area contributed by atoms with Gasteiger partial charge in [0.05, 0.1) is 39.1 Å². The van der Waals surface area contributed by atoms with Crippen LogP contribution in [0.15, 0.2) is 18.2 Å². The first-order valence-corrected chi connectivity index (χ1v) is 7.04. The smallest absolute Gasteiger partial charge is 0.124 e. The molecule has 4 heteroatoms. The second-order valence-electron chi connectivity index (χ2n) is 5.55. The summed E-state index contributed by atoms with van der Waals surface area (Å²) in [5.41, 5.74) is 7.12. The van der Waals surface area contributed by atoms with Gasteiger partial charge in [0.25, 0.3) is 0 Å². The summed E-state index contributed by atoms with van der Waals surface area (Å²) >= 11 is 0. The Labute approximate surface area is 127 Å². The van der Waals surface area contributed by atoms with Crippen LogP contribution in [0.3, 0.4) is 0 Å². The summed E-state index contributed by atoms with van der Waals surface area (Å²) in [6, 6.07) is 5.77. The Kier molecular flexibility index (Phi) is 7.24. The molecule has 0 aromatic heterocycles. The van der Waals surface area contributed by atoms with E-state index >= 15 is 0 Å². The zero-order valence-electron chi connectivity index (χ0n) is 13.4. The maximum absolute atomic E-state index is 5.64. The number of methoxy groups -OCH3 is 1. The molecule has 1 rings (SSSR count). The van der Waals surface area contributed by atoms with E-state index in [-0.39, 0.29) is 5.60 Å². The Hall–Kier alpha value is -1.54. The lowest BCUT2D eigenvalue weighted by atomic mass is 10.1. The largest absolute Gasteiger partial charge is 0.496 e. The minimum absolute atomic E-state index is 0.140. The van der Waals surface area contributed by atoms with Crippen LogP contribution in [0.4, 0.5) is 0 Å². The lowest BCUT2D eigenvalue weighted by molar-refractivity contribution is -0.0378. The van der Waals surface area contributed by atoms with Crippen molar-refractivity contribution >= 4 is 0 Å². The third-order valence-corrected chi connectivity index (χ3v) is 2.64. The summed E-state index contributed by atoms with van der Waals surface area (Å²) in [6.45, 7) is 8.00. The molecule has 0 fully saturated rings. The SMILES string of the molecule is COc1ccc(C#CCN)cc1COCCOC(C)(C)C. The highest BCUT2D eigenvalue weighted by molar-refractivity contribution is 5.44. The fourth-order valence-corrected chi connectivity index (χ4v) is 1.71. The monoisotopic (exact) mass is 291 g/mol. The third kappa shape index (κ3) is 7.14. The van der Waals surface area contributed by atoms with E-state index in [1.807, 2.05) is 39.0 Å². The van der Waals surface area contributed by atoms with E-state index in [2.05, 4.69) is 11.8 Å². The van der Waals surface area contributed by atoms with Gasteiger partial charge in [0.15, 0.2) is 0 Å². The molecule has 1 aromatic rings. The number of nitrogens with two attached hydrogens (primary N) is 1. The summed E-state index contributed by atoms with van der Waals surface area (Å²) in [5.74, 6) is 6.64. The molecule has 0 aliphatic carbocycles. The highest BCUT2D eigenvalue weighted by atomic mass is 16.5. The van der Waals surface area contributed by atoms with Crippen molar-refractivity contribution in [3.05, 3.63) is 29.3 Å². The molecular weight excluding hydrogens is 266 g/mol. The quantitative estimate of drug-likeness (QED) is 0.645. The van der Waals surface area contributed by atoms with E-state index < -0.39 is 0 Å². The van der Waals surface area contributed by atoms with Crippen molar-refractivity contribution in [2.45, 2.75) is 33.0 Å². The van der Waals surface area contributed by atoms with Gasteiger partial charge in [0.2, 0.25) is 0 Å². The molecule has 0 aliphatic heterocycles. The van der Waals surface area contributed by atoms with Crippen molar-refractivity contribution in [2.75, 3.05) is 26.9 Å². The molecule has 0 unspecified atom stereocenters. The number of benzene rings is 1. The molecule has 4 nitrogen and oxygen atoms in total. The average molecular weight is 291 g/mol. The zero-order chi connectivity index (χ0) is 15.7. The van der Waals surface area contributed by atoms with E-state index in [4.69, 9.17) is 19.9 Å². The predicted octanol–water partition coefficient (Wildman–Crippen LogP) is 2.34. The molecule has 0 saturated heterocycles. The molecule has 0 bridgehead atoms. The third-order valence-electron chi connectivity index (χ3n) is 2.64. The van der Waals surface area contributed by atoms with E-state index in [1.165, 1.54) is 0 Å². The molecule has 21 heavy (non-hydrogen) atoms. The second kappa shape index (κ2) is 8.68. The highest BCUT2D eigenvalue weighted by Gasteiger charge is 2.09. The van der Waals surface area contributed by atoms with Gasteiger partial charge in [-0.25, -0.2) is 0 Å². The van der Waals surface area contributed by atoms with Crippen LogP contribution < -0.4 is 10.5 Å². The lowest BCUT2D eigenvalue weighted by Gasteiger charge is -2.19. The number of rotatable bonds is 6. The topological polar surface area (TPSA) is 53.7 Å². The van der Waals surface area contributed by atoms with Gasteiger partial charge in [-0.05, 0) is 39.0 Å². The number of hydrogen-bond acceptors (Lipinski definition) is 4. The average Bonchev–Trinajstić information content (AvgIpc) is 2.43. The molecule has 0 heterocycles. The van der Waals surface area contributed by atoms with E-state index in [9.17, 15) is 0 Å². The summed E-state index contributed by atoms with van der Waals surface area (Å²) in [5, 5.41) is 0. The van der Waals surface area contributed by atoms with Gasteiger partial charge in [0.1, 0.15) is 5.75 Å². The summed E-state index contributed by atoms with van der Waals surface area (Å²) < 4.78 is 16.6. The van der Waals surface area contributed by atoms with Crippen molar-refractivity contribution in [2.24, 2.45) is 5.73 Å². The molecule has 0 aliphatic rings. The maximum atomic E-state index is 5.64. The Morgan fingerprint density at radius 3 is 2.57 bits per heavy atom. The Morgan fingerprint density at radius 2 is 1.95 bits per heavy atom. The minimum Gasteiger partial charge on any atom is -0.496 e. The minimum atomic E-state index is -0.140. The molecule has 0 saturated carbocycles. The van der Waals surface area contributed by atoms with Crippen molar-refractivity contribution in [1.82, 2.24) is 0 Å². The molecule has 0 radical (unpaired) electrons. The fourth-order valence-electron chi connectivity index (χ4n) is 1.71. The first kappa shape index (κ1) is 17.5. The van der Waals surface area contributed by atoms with Crippen molar-refractivity contribution < 1.29 is 14.2 Å². The summed E-state index contributed by atoms with van der Waals surface area (Å²) in [6.07, 6.45) is 0. The number of hydrogen-bond donors (Lipinski definition) is 1. The van der Waals surface area contributed by atoms with Gasteiger partial charge in [-0.3, -0.25) is 0 Å². The van der Waals surface area contributed by atoms with E-state index in [1.54, 1.807) is 7.11 Å². The van der Waals surface area contributed by atoms with Crippen LogP contribution in [0.25, 0.3) is 0 Å². The molecule has 0 amide bonds. The van der Waals surface area contributed by atoms with Crippen LogP contribution in [0.5, 0.6) is 5.75 Å². The van der Waals surface area contributed by atoms with Gasteiger partial charge in [0, 0.05) is 11.1 Å². The molecule has 0 atom stereocenters. The van der Waals surface area contributed by atoms with Gasteiger partial charge < -0.3 is 19.9 Å². The van der Waals surface area contributed by atoms with E-state index in [0.29, 0.717) is 26.4 Å². The molecule has 0 spiro atoms. The Morgan fingerprint density at radius 1 is 1.19 bits per heavy atom. The second-order valence-corrected chi connectivity index (χ2v) is 5.55. The summed E-state index contributed by atoms with van der Waals surface area (Å²) in [7, 11) is 1.65. The van der Waals surface area contributed by atoms with Crippen molar-refractivity contribution in [3.63, 3.8) is 0 Å². The van der Waals surface area contributed by atoms with Gasteiger partial charge in [-0.2, -0.15) is 0 Å². The normalized spacial score (nSPS) is 10.9. The molecule has 116 valence electrons. The molecule has 2 N–H and O–H groups in total. The number of ether oxygens (including phenoxy) is 3. The maximum Gasteiger partial charge on any atom is 0.124 e. The standard InChI is InChI=1S/C17H25NO3/c1-17(2,3)21-11-10-20-13-15-12-14(6-5-9-18)7-8-16(15)19-4/h7-8,12H,9-11,13,18H2,1-4H3. The molecular formula is C17H25NO3. The lowest BCUT2D eigenvalue weighted by Crippen LogP contribution is -2.21. The van der Waals surface area contributed by atoms with Gasteiger partial charge >= 0.3 is 0 Å². The highest BCUT2D eigenvalue weighted by Crippen LogP contribution is 2.20. The van der Waals surface area contributed by atoms with Crippen LogP contribution in [-0.2, 0) is 16.1 Å². The van der Waals surface area contributed by atoms with Crippen molar-refractivity contribution in [1.29, 1.82) is 0 Å². The van der Waals surface area contributed by atoms with E-state index in [0.717, 1.165) is 16.9 Å². The Balaban J connectivity index is 2.56. The van der Waals surface area contributed by atoms with Gasteiger partial charge in [-0.1, -0.05) is 11.8 Å². The predicted molar refractivity (Wildman–Crippen MR) is 84.3 cm³/mol. The Bertz CT molecular complexity index is 495. The van der Waals surface area contributed by atoms with Crippen LogP contribution >= 0.6 is 0 Å². The first-order chi connectivity index (χ1) is 9.96. The first-order valence-electron chi connectivity index (χ1n) is 7.04. The van der Waals surface area contributed by atoms with Crippen LogP contribution in [0, 0.1) is 11.8 Å². The zero-order valence-corrected chi connectivity index (χ0v) is 13.4. The van der Waals surface area contributed by atoms with Gasteiger partial charge in [-0.15, -0.1) is 0 Å². The summed E-state index contributed by atoms with van der Waals surface area (Å²) in [4.78, 5) is 0.